The number of benzene rings is 1. The maximum atomic E-state index is 11.9. The fourth-order valence-corrected chi connectivity index (χ4v) is 1.71. The number of phenols is 1. The van der Waals surface area contributed by atoms with E-state index in [0.717, 1.165) is 5.76 Å². The van der Waals surface area contributed by atoms with Crippen molar-refractivity contribution >= 4 is 5.91 Å². The van der Waals surface area contributed by atoms with E-state index in [2.05, 4.69) is 5.32 Å². The number of hydrogen-bond acceptors (Lipinski definition) is 4. The highest BCUT2D eigenvalue weighted by Crippen LogP contribution is 2.29. The highest BCUT2D eigenvalue weighted by Gasteiger charge is 2.14. The zero-order valence-corrected chi connectivity index (χ0v) is 10.8. The minimum absolute atomic E-state index is 0.168. The molecule has 1 aromatic carbocycles. The first-order chi connectivity index (χ1) is 9.11. The maximum absolute atomic E-state index is 11.9. The van der Waals surface area contributed by atoms with Crippen LogP contribution in [0.15, 0.2) is 34.7 Å². The van der Waals surface area contributed by atoms with Gasteiger partial charge in [0.05, 0.1) is 19.2 Å². The second-order valence-corrected chi connectivity index (χ2v) is 4.05. The molecule has 1 aromatic heterocycles. The van der Waals surface area contributed by atoms with Crippen molar-refractivity contribution in [2.24, 2.45) is 0 Å². The largest absolute Gasteiger partial charge is 0.504 e. The number of carbonyl (C=O) groups excluding carboxylic acids is 1. The van der Waals surface area contributed by atoms with Crippen molar-refractivity contribution in [3.05, 3.63) is 47.4 Å². The lowest BCUT2D eigenvalue weighted by molar-refractivity contribution is 0.0944. The van der Waals surface area contributed by atoms with Crippen molar-refractivity contribution in [1.82, 2.24) is 5.32 Å². The molecule has 0 saturated carbocycles. The summed E-state index contributed by atoms with van der Waals surface area (Å²) in [6, 6.07) is 8.37. The first-order valence-electron chi connectivity index (χ1n) is 5.81. The van der Waals surface area contributed by atoms with Crippen LogP contribution in [0.4, 0.5) is 0 Å². The zero-order chi connectivity index (χ0) is 13.8. The Morgan fingerprint density at radius 1 is 1.37 bits per heavy atom. The normalized spacial score (nSPS) is 10.2. The minimum atomic E-state index is -0.384. The molecule has 100 valence electrons. The van der Waals surface area contributed by atoms with Crippen LogP contribution in [0.3, 0.4) is 0 Å². The lowest BCUT2D eigenvalue weighted by Gasteiger charge is -2.08. The van der Waals surface area contributed by atoms with E-state index in [4.69, 9.17) is 9.15 Å². The molecular formula is C14H15NO4. The molecule has 0 aliphatic rings. The second-order valence-electron chi connectivity index (χ2n) is 4.05. The van der Waals surface area contributed by atoms with Crippen molar-refractivity contribution in [1.29, 1.82) is 0 Å². The third kappa shape index (κ3) is 2.88. The molecule has 0 bridgehead atoms. The SMILES string of the molecule is COc1cccc(C(=O)NCc2ccc(C)o2)c1O. The van der Waals surface area contributed by atoms with E-state index in [-0.39, 0.29) is 29.5 Å². The molecule has 5 heteroatoms. The Morgan fingerprint density at radius 2 is 2.16 bits per heavy atom. The van der Waals surface area contributed by atoms with Gasteiger partial charge in [0.2, 0.25) is 0 Å². The van der Waals surface area contributed by atoms with E-state index in [0.29, 0.717) is 5.76 Å². The van der Waals surface area contributed by atoms with Gasteiger partial charge in [-0.15, -0.1) is 0 Å². The Labute approximate surface area is 110 Å². The summed E-state index contributed by atoms with van der Waals surface area (Å²) in [4.78, 5) is 11.9. The van der Waals surface area contributed by atoms with Gasteiger partial charge in [0, 0.05) is 0 Å². The number of carbonyl (C=O) groups is 1. The molecule has 0 aliphatic carbocycles. The van der Waals surface area contributed by atoms with Crippen LogP contribution in [-0.2, 0) is 6.54 Å². The molecule has 1 heterocycles. The number of hydrogen-bond donors (Lipinski definition) is 2. The van der Waals surface area contributed by atoms with Crippen LogP contribution < -0.4 is 10.1 Å². The van der Waals surface area contributed by atoms with Crippen molar-refractivity contribution in [3.63, 3.8) is 0 Å². The molecule has 2 aromatic rings. The van der Waals surface area contributed by atoms with Gasteiger partial charge in [0.1, 0.15) is 11.5 Å². The number of rotatable bonds is 4. The Hall–Kier alpha value is -2.43. The molecule has 0 unspecified atom stereocenters. The number of phenolic OH excluding ortho intramolecular Hbond substituents is 1. The van der Waals surface area contributed by atoms with Gasteiger partial charge < -0.3 is 19.6 Å². The highest BCUT2D eigenvalue weighted by atomic mass is 16.5. The van der Waals surface area contributed by atoms with E-state index in [1.165, 1.54) is 13.2 Å². The van der Waals surface area contributed by atoms with Gasteiger partial charge in [-0.1, -0.05) is 6.07 Å². The second kappa shape index (κ2) is 5.48. The number of aromatic hydroxyl groups is 1. The summed E-state index contributed by atoms with van der Waals surface area (Å²) in [5.74, 6) is 1.16. The summed E-state index contributed by atoms with van der Waals surface area (Å²) in [6.45, 7) is 2.10. The van der Waals surface area contributed by atoms with Crippen LogP contribution in [0.5, 0.6) is 11.5 Å². The Bertz CT molecular complexity index is 589. The Kier molecular flexibility index (Phi) is 3.75. The number of aryl methyl sites for hydroxylation is 1. The molecule has 0 spiro atoms. The topological polar surface area (TPSA) is 71.7 Å². The van der Waals surface area contributed by atoms with E-state index >= 15 is 0 Å². The molecule has 19 heavy (non-hydrogen) atoms. The molecule has 0 radical (unpaired) electrons. The molecule has 0 aliphatic heterocycles. The Balaban J connectivity index is 2.08. The van der Waals surface area contributed by atoms with Crippen LogP contribution >= 0.6 is 0 Å². The summed E-state index contributed by atoms with van der Waals surface area (Å²) in [6.07, 6.45) is 0. The number of furan rings is 1. The van der Waals surface area contributed by atoms with Gasteiger partial charge in [-0.25, -0.2) is 0 Å². The summed E-state index contributed by atoms with van der Waals surface area (Å²) >= 11 is 0. The van der Waals surface area contributed by atoms with Gasteiger partial charge in [-0.05, 0) is 31.2 Å². The lowest BCUT2D eigenvalue weighted by Crippen LogP contribution is -2.22. The summed E-state index contributed by atoms with van der Waals surface area (Å²) in [5, 5.41) is 12.5. The molecule has 2 N–H and O–H groups in total. The van der Waals surface area contributed by atoms with Crippen molar-refractivity contribution in [2.45, 2.75) is 13.5 Å². The van der Waals surface area contributed by atoms with Crippen LogP contribution in [0, 0.1) is 6.92 Å². The van der Waals surface area contributed by atoms with E-state index in [1.807, 2.05) is 13.0 Å². The number of ether oxygens (including phenoxy) is 1. The van der Waals surface area contributed by atoms with Gasteiger partial charge in [0.25, 0.3) is 5.91 Å². The third-order valence-electron chi connectivity index (χ3n) is 2.68. The zero-order valence-electron chi connectivity index (χ0n) is 10.8. The van der Waals surface area contributed by atoms with Gasteiger partial charge in [0.15, 0.2) is 11.5 Å². The summed E-state index contributed by atoms with van der Waals surface area (Å²) in [5.41, 5.74) is 0.169. The average molecular weight is 261 g/mol. The van der Waals surface area contributed by atoms with E-state index in [1.54, 1.807) is 18.2 Å². The average Bonchev–Trinajstić information content (AvgIpc) is 2.82. The molecule has 0 fully saturated rings. The number of nitrogens with one attached hydrogen (secondary N) is 1. The standard InChI is InChI=1S/C14H15NO4/c1-9-6-7-10(19-9)8-15-14(17)11-4-3-5-12(18-2)13(11)16/h3-7,16H,8H2,1-2H3,(H,15,17). The number of para-hydroxylation sites is 1. The third-order valence-corrected chi connectivity index (χ3v) is 2.68. The van der Waals surface area contributed by atoms with E-state index in [9.17, 15) is 9.90 Å². The smallest absolute Gasteiger partial charge is 0.255 e. The number of methoxy groups -OCH3 is 1. The van der Waals surface area contributed by atoms with Crippen LogP contribution in [0.25, 0.3) is 0 Å². The first kappa shape index (κ1) is 13.0. The summed E-state index contributed by atoms with van der Waals surface area (Å²) < 4.78 is 10.3. The number of amides is 1. The highest BCUT2D eigenvalue weighted by molar-refractivity contribution is 5.97. The maximum Gasteiger partial charge on any atom is 0.255 e. The molecule has 1 amide bonds. The fourth-order valence-electron chi connectivity index (χ4n) is 1.71. The van der Waals surface area contributed by atoms with Crippen molar-refractivity contribution in [3.8, 4) is 11.5 Å². The lowest BCUT2D eigenvalue weighted by atomic mass is 10.1. The molecule has 2 rings (SSSR count). The molecular weight excluding hydrogens is 246 g/mol. The van der Waals surface area contributed by atoms with Gasteiger partial charge in [-0.3, -0.25) is 4.79 Å². The fraction of sp³-hybridized carbons (Fsp3) is 0.214. The molecule has 0 saturated heterocycles. The van der Waals surface area contributed by atoms with Crippen LogP contribution in [0.2, 0.25) is 0 Å². The predicted molar refractivity (Wildman–Crippen MR) is 69.3 cm³/mol. The summed E-state index contributed by atoms with van der Waals surface area (Å²) in [7, 11) is 1.43. The van der Waals surface area contributed by atoms with Crippen molar-refractivity contribution in [2.75, 3.05) is 7.11 Å². The van der Waals surface area contributed by atoms with Gasteiger partial charge in [-0.2, -0.15) is 0 Å². The van der Waals surface area contributed by atoms with Gasteiger partial charge >= 0.3 is 0 Å². The van der Waals surface area contributed by atoms with Crippen molar-refractivity contribution < 1.29 is 19.1 Å². The molecule has 5 nitrogen and oxygen atoms in total. The van der Waals surface area contributed by atoms with E-state index < -0.39 is 0 Å². The quantitative estimate of drug-likeness (QED) is 0.885. The van der Waals surface area contributed by atoms with Crippen LogP contribution in [-0.4, -0.2) is 18.1 Å². The van der Waals surface area contributed by atoms with Crippen LogP contribution in [0.1, 0.15) is 21.9 Å². The monoisotopic (exact) mass is 261 g/mol. The minimum Gasteiger partial charge on any atom is -0.504 e. The molecule has 0 atom stereocenters. The predicted octanol–water partition coefficient (Wildman–Crippen LogP) is 2.23. The Morgan fingerprint density at radius 3 is 2.79 bits per heavy atom. The first-order valence-corrected chi connectivity index (χ1v) is 5.81.